The van der Waals surface area contributed by atoms with Crippen molar-refractivity contribution in [2.75, 3.05) is 13.2 Å². The number of aryl methyl sites for hydroxylation is 1. The average Bonchev–Trinajstić information content (AvgIpc) is 3.27. The topological polar surface area (TPSA) is 102 Å². The van der Waals surface area contributed by atoms with E-state index in [0.29, 0.717) is 31.7 Å². The van der Waals surface area contributed by atoms with Crippen LogP contribution in [0.3, 0.4) is 0 Å². The number of benzene rings is 1. The standard InChI is InChI=1S/C25H25N5O3/c1-30-14-18(13-27-30)21-11-16(6-8-26-21)10-17-12-22(28-20-5-3-2-4-19(17)20)25(32)29-23-15-33-9-7-24(23)31/h2-6,8,11-14,23-24,31H,7,9-10,15H2,1H3,(H,29,32)/t23-,24-/m0/s1. The van der Waals surface area contributed by atoms with E-state index in [9.17, 15) is 9.90 Å². The highest BCUT2D eigenvalue weighted by Gasteiger charge is 2.26. The summed E-state index contributed by atoms with van der Waals surface area (Å²) in [5.74, 6) is -0.317. The first kappa shape index (κ1) is 21.2. The molecule has 0 spiro atoms. The van der Waals surface area contributed by atoms with Crippen molar-refractivity contribution >= 4 is 16.8 Å². The predicted molar refractivity (Wildman–Crippen MR) is 124 cm³/mol. The number of nitrogens with zero attached hydrogens (tertiary/aromatic N) is 4. The van der Waals surface area contributed by atoms with Gasteiger partial charge >= 0.3 is 0 Å². The van der Waals surface area contributed by atoms with Crippen molar-refractivity contribution in [3.63, 3.8) is 0 Å². The highest BCUT2D eigenvalue weighted by atomic mass is 16.5. The van der Waals surface area contributed by atoms with Crippen molar-refractivity contribution in [2.45, 2.75) is 25.0 Å². The van der Waals surface area contributed by atoms with Crippen LogP contribution in [0, 0.1) is 0 Å². The van der Waals surface area contributed by atoms with Crippen LogP contribution in [0.1, 0.15) is 28.0 Å². The van der Waals surface area contributed by atoms with E-state index >= 15 is 0 Å². The quantitative estimate of drug-likeness (QED) is 0.491. The van der Waals surface area contributed by atoms with Crippen molar-refractivity contribution in [1.82, 2.24) is 25.1 Å². The highest BCUT2D eigenvalue weighted by Crippen LogP contribution is 2.24. The number of nitrogens with one attached hydrogen (secondary N) is 1. The van der Waals surface area contributed by atoms with Gasteiger partial charge in [-0.15, -0.1) is 0 Å². The molecule has 33 heavy (non-hydrogen) atoms. The molecule has 3 aromatic heterocycles. The maximum atomic E-state index is 13.0. The minimum Gasteiger partial charge on any atom is -0.391 e. The second-order valence-electron chi connectivity index (χ2n) is 8.32. The summed E-state index contributed by atoms with van der Waals surface area (Å²) in [7, 11) is 1.88. The van der Waals surface area contributed by atoms with E-state index in [1.165, 1.54) is 0 Å². The Bertz CT molecular complexity index is 1300. The van der Waals surface area contributed by atoms with Crippen LogP contribution in [0.25, 0.3) is 22.2 Å². The number of aromatic nitrogens is 4. The number of carbonyl (C=O) groups excluding carboxylic acids is 1. The molecule has 1 aliphatic rings. The SMILES string of the molecule is Cn1cc(-c2cc(Cc3cc(C(=O)N[C@H]4COCC[C@@H]4O)nc4ccccc34)ccn2)cn1. The van der Waals surface area contributed by atoms with Gasteiger partial charge in [0.05, 0.1) is 36.2 Å². The summed E-state index contributed by atoms with van der Waals surface area (Å²) in [6, 6.07) is 13.2. The van der Waals surface area contributed by atoms with Gasteiger partial charge in [0.15, 0.2) is 0 Å². The van der Waals surface area contributed by atoms with Gasteiger partial charge in [-0.3, -0.25) is 14.5 Å². The van der Waals surface area contributed by atoms with Crippen molar-refractivity contribution in [1.29, 1.82) is 0 Å². The lowest BCUT2D eigenvalue weighted by Gasteiger charge is -2.28. The van der Waals surface area contributed by atoms with E-state index in [1.54, 1.807) is 17.1 Å². The summed E-state index contributed by atoms with van der Waals surface area (Å²) in [6.45, 7) is 0.792. The van der Waals surface area contributed by atoms with Crippen LogP contribution >= 0.6 is 0 Å². The molecule has 0 unspecified atom stereocenters. The number of ether oxygens (including phenoxy) is 1. The lowest BCUT2D eigenvalue weighted by atomic mass is 9.99. The largest absolute Gasteiger partial charge is 0.391 e. The first-order valence-corrected chi connectivity index (χ1v) is 11.0. The van der Waals surface area contributed by atoms with Gasteiger partial charge in [-0.25, -0.2) is 4.98 Å². The Labute approximate surface area is 191 Å². The molecule has 1 amide bonds. The summed E-state index contributed by atoms with van der Waals surface area (Å²) in [6.07, 6.45) is 6.01. The van der Waals surface area contributed by atoms with E-state index in [-0.39, 0.29) is 5.91 Å². The number of aliphatic hydroxyl groups is 1. The fourth-order valence-electron chi connectivity index (χ4n) is 4.13. The number of hydrogen-bond donors (Lipinski definition) is 2. The van der Waals surface area contributed by atoms with E-state index in [4.69, 9.17) is 4.74 Å². The predicted octanol–water partition coefficient (Wildman–Crippen LogP) is 2.50. The Balaban J connectivity index is 1.46. The zero-order valence-corrected chi connectivity index (χ0v) is 18.3. The molecule has 8 heteroatoms. The smallest absolute Gasteiger partial charge is 0.270 e. The molecule has 1 aromatic carbocycles. The van der Waals surface area contributed by atoms with Gasteiger partial charge < -0.3 is 15.2 Å². The van der Waals surface area contributed by atoms with Gasteiger partial charge in [0, 0.05) is 37.0 Å². The van der Waals surface area contributed by atoms with E-state index in [2.05, 4.69) is 20.4 Å². The second-order valence-corrected chi connectivity index (χ2v) is 8.32. The molecule has 0 radical (unpaired) electrons. The van der Waals surface area contributed by atoms with E-state index in [0.717, 1.165) is 33.3 Å². The lowest BCUT2D eigenvalue weighted by Crippen LogP contribution is -2.49. The summed E-state index contributed by atoms with van der Waals surface area (Å²) < 4.78 is 7.15. The molecule has 0 aliphatic carbocycles. The maximum Gasteiger partial charge on any atom is 0.270 e. The normalized spacial score (nSPS) is 18.4. The monoisotopic (exact) mass is 443 g/mol. The number of amides is 1. The second kappa shape index (κ2) is 9.09. The molecule has 1 aliphatic heterocycles. The Kier molecular flexibility index (Phi) is 5.85. The van der Waals surface area contributed by atoms with Gasteiger partial charge in [0.25, 0.3) is 5.91 Å². The molecule has 1 saturated heterocycles. The minimum absolute atomic E-state index is 0.293. The Morgan fingerprint density at radius 2 is 2.15 bits per heavy atom. The number of aliphatic hydroxyl groups excluding tert-OH is 1. The maximum absolute atomic E-state index is 13.0. The van der Waals surface area contributed by atoms with E-state index in [1.807, 2.05) is 55.7 Å². The molecule has 1 fully saturated rings. The fraction of sp³-hybridized carbons (Fsp3) is 0.280. The third-order valence-electron chi connectivity index (χ3n) is 5.89. The molecule has 4 aromatic rings. The molecular formula is C25H25N5O3. The molecule has 2 atom stereocenters. The lowest BCUT2D eigenvalue weighted by molar-refractivity contribution is -0.0140. The third kappa shape index (κ3) is 4.62. The fourth-order valence-corrected chi connectivity index (χ4v) is 4.13. The first-order valence-electron chi connectivity index (χ1n) is 11.0. The molecule has 8 nitrogen and oxygen atoms in total. The molecule has 5 rings (SSSR count). The van der Waals surface area contributed by atoms with Crippen molar-refractivity contribution in [3.8, 4) is 11.3 Å². The zero-order valence-electron chi connectivity index (χ0n) is 18.3. The molecule has 0 saturated carbocycles. The zero-order chi connectivity index (χ0) is 22.8. The Morgan fingerprint density at radius 1 is 1.27 bits per heavy atom. The van der Waals surface area contributed by atoms with Gasteiger partial charge in [0.1, 0.15) is 5.69 Å². The Hall–Kier alpha value is -3.62. The number of para-hydroxylation sites is 1. The molecule has 2 N–H and O–H groups in total. The highest BCUT2D eigenvalue weighted by molar-refractivity contribution is 5.96. The molecular weight excluding hydrogens is 418 g/mol. The van der Waals surface area contributed by atoms with Crippen LogP contribution in [-0.4, -0.2) is 56.1 Å². The average molecular weight is 444 g/mol. The number of carbonyl (C=O) groups is 1. The van der Waals surface area contributed by atoms with Crippen LogP contribution < -0.4 is 5.32 Å². The third-order valence-corrected chi connectivity index (χ3v) is 5.89. The number of hydrogen-bond acceptors (Lipinski definition) is 6. The summed E-state index contributed by atoms with van der Waals surface area (Å²) >= 11 is 0. The van der Waals surface area contributed by atoms with Gasteiger partial charge in [-0.05, 0) is 48.2 Å². The van der Waals surface area contributed by atoms with Gasteiger partial charge in [-0.2, -0.15) is 5.10 Å². The Morgan fingerprint density at radius 3 is 2.97 bits per heavy atom. The molecule has 4 heterocycles. The molecule has 168 valence electrons. The molecule has 0 bridgehead atoms. The van der Waals surface area contributed by atoms with Crippen molar-refractivity contribution < 1.29 is 14.6 Å². The summed E-state index contributed by atoms with van der Waals surface area (Å²) in [5, 5.41) is 18.3. The van der Waals surface area contributed by atoms with Crippen LogP contribution in [-0.2, 0) is 18.2 Å². The van der Waals surface area contributed by atoms with Crippen molar-refractivity contribution in [3.05, 3.63) is 77.9 Å². The van der Waals surface area contributed by atoms with Crippen LogP contribution in [0.4, 0.5) is 0 Å². The van der Waals surface area contributed by atoms with E-state index < -0.39 is 12.1 Å². The summed E-state index contributed by atoms with van der Waals surface area (Å²) in [4.78, 5) is 22.0. The number of pyridine rings is 2. The van der Waals surface area contributed by atoms with Gasteiger partial charge in [0.2, 0.25) is 0 Å². The van der Waals surface area contributed by atoms with Gasteiger partial charge in [-0.1, -0.05) is 18.2 Å². The van der Waals surface area contributed by atoms with Crippen LogP contribution in [0.15, 0.2) is 61.1 Å². The summed E-state index contributed by atoms with van der Waals surface area (Å²) in [5.41, 5.74) is 4.94. The van der Waals surface area contributed by atoms with Crippen LogP contribution in [0.5, 0.6) is 0 Å². The number of fused-ring (bicyclic) bond motifs is 1. The van der Waals surface area contributed by atoms with Crippen molar-refractivity contribution in [2.24, 2.45) is 7.05 Å². The number of rotatable bonds is 5. The van der Waals surface area contributed by atoms with Crippen LogP contribution in [0.2, 0.25) is 0 Å². The first-order chi connectivity index (χ1) is 16.1. The minimum atomic E-state index is -0.620.